The molecule has 0 spiro atoms. The topological polar surface area (TPSA) is 121 Å². The molecule has 0 aliphatic carbocycles. The van der Waals surface area contributed by atoms with E-state index in [9.17, 15) is 28.0 Å². The summed E-state index contributed by atoms with van der Waals surface area (Å²) in [5.41, 5.74) is 1.17. The van der Waals surface area contributed by atoms with Gasteiger partial charge in [-0.1, -0.05) is 6.07 Å². The minimum absolute atomic E-state index is 0.0817. The lowest BCUT2D eigenvalue weighted by atomic mass is 10.1. The molecule has 236 valence electrons. The molecule has 1 aromatic heterocycles. The molecule has 2 aliphatic rings. The molecule has 0 saturated carbocycles. The number of benzene rings is 2. The molecular weight excluding hydrogens is 584 g/mol. The van der Waals surface area contributed by atoms with E-state index in [1.54, 1.807) is 48.6 Å². The van der Waals surface area contributed by atoms with Crippen LogP contribution >= 0.6 is 0 Å². The van der Waals surface area contributed by atoms with Crippen molar-refractivity contribution in [2.24, 2.45) is 0 Å². The fraction of sp³-hybridized carbons (Fsp3) is 0.364. The third-order valence-electron chi connectivity index (χ3n) is 8.04. The van der Waals surface area contributed by atoms with Crippen molar-refractivity contribution in [3.05, 3.63) is 95.3 Å². The number of nitrogens with one attached hydrogen (secondary N) is 2. The van der Waals surface area contributed by atoms with Gasteiger partial charge in [-0.25, -0.2) is 8.78 Å². The number of aryl methyl sites for hydroxylation is 1. The Morgan fingerprint density at radius 1 is 1.02 bits per heavy atom. The monoisotopic (exact) mass is 619 g/mol. The number of nitrogens with zero attached hydrogens (tertiary/aromatic N) is 3. The standard InChI is InChI=1S/C33H35F2N5O5/c1-39-13-3-6-29(38-31(42)23-14-24(34)17-25(35)15-23)33(44)40-19-26(37-30(41)8-7-21-9-11-36-12-10-21)18-27(40)20-45-28-5-2-4-22(16-28)32(39)43/h2,4-5,9-12,14-17,26-27,29H,3,6-8,13,18-20H2,1H3,(H,37,41)(H,38,42)/t26-,27-,29-/m0/s1. The molecule has 2 aliphatic heterocycles. The SMILES string of the molecule is CN1CCC[C@H](NC(=O)c2cc(F)cc(F)c2)C(=O)N2C[C@@H](NC(=O)CCc3ccncc3)C[C@H]2COc2cccc(c2)C1=O. The maximum Gasteiger partial charge on any atom is 0.253 e. The van der Waals surface area contributed by atoms with Gasteiger partial charge >= 0.3 is 0 Å². The first kappa shape index (κ1) is 31.6. The van der Waals surface area contributed by atoms with E-state index in [1.165, 1.54) is 4.90 Å². The van der Waals surface area contributed by atoms with E-state index >= 15 is 0 Å². The summed E-state index contributed by atoms with van der Waals surface area (Å²) in [7, 11) is 1.64. The summed E-state index contributed by atoms with van der Waals surface area (Å²) in [6, 6.07) is 11.1. The first-order valence-corrected chi connectivity index (χ1v) is 14.9. The van der Waals surface area contributed by atoms with E-state index in [-0.39, 0.29) is 56.0 Å². The van der Waals surface area contributed by atoms with Crippen LogP contribution in [0.1, 0.15) is 52.0 Å². The zero-order valence-electron chi connectivity index (χ0n) is 24.9. The molecule has 3 heterocycles. The van der Waals surface area contributed by atoms with Gasteiger partial charge in [0.15, 0.2) is 0 Å². The molecule has 3 atom stereocenters. The van der Waals surface area contributed by atoms with Gasteiger partial charge in [0.05, 0.1) is 6.04 Å². The highest BCUT2D eigenvalue weighted by atomic mass is 19.1. The van der Waals surface area contributed by atoms with Crippen LogP contribution in [0, 0.1) is 11.6 Å². The van der Waals surface area contributed by atoms with Crippen molar-refractivity contribution in [1.29, 1.82) is 0 Å². The molecule has 4 amide bonds. The molecular formula is C33H35F2N5O5. The second-order valence-corrected chi connectivity index (χ2v) is 11.4. The fourth-order valence-electron chi connectivity index (χ4n) is 5.71. The average molecular weight is 620 g/mol. The first-order chi connectivity index (χ1) is 21.7. The molecule has 2 bridgehead atoms. The van der Waals surface area contributed by atoms with Crippen LogP contribution in [0.4, 0.5) is 8.78 Å². The number of aromatic nitrogens is 1. The van der Waals surface area contributed by atoms with Crippen molar-refractivity contribution in [1.82, 2.24) is 25.4 Å². The minimum atomic E-state index is -1.06. The molecule has 45 heavy (non-hydrogen) atoms. The Kier molecular flexibility index (Phi) is 10.0. The summed E-state index contributed by atoms with van der Waals surface area (Å²) in [5, 5.41) is 5.69. The number of ether oxygens (including phenoxy) is 1. The second-order valence-electron chi connectivity index (χ2n) is 11.4. The van der Waals surface area contributed by atoms with Crippen LogP contribution < -0.4 is 15.4 Å². The lowest BCUT2D eigenvalue weighted by Gasteiger charge is -2.30. The highest BCUT2D eigenvalue weighted by Crippen LogP contribution is 2.24. The zero-order chi connectivity index (χ0) is 31.9. The molecule has 10 nitrogen and oxygen atoms in total. The summed E-state index contributed by atoms with van der Waals surface area (Å²) in [6.45, 7) is 0.559. The van der Waals surface area contributed by atoms with Gasteiger partial charge in [0, 0.05) is 62.2 Å². The highest BCUT2D eigenvalue weighted by Gasteiger charge is 2.39. The Morgan fingerprint density at radius 3 is 2.53 bits per heavy atom. The number of fused-ring (bicyclic) bond motifs is 3. The lowest BCUT2D eigenvalue weighted by molar-refractivity contribution is -0.135. The third kappa shape index (κ3) is 8.20. The van der Waals surface area contributed by atoms with Crippen molar-refractivity contribution in [2.45, 2.75) is 50.2 Å². The number of carbonyl (C=O) groups excluding carboxylic acids is 4. The number of pyridine rings is 1. The first-order valence-electron chi connectivity index (χ1n) is 14.9. The van der Waals surface area contributed by atoms with E-state index in [0.29, 0.717) is 36.6 Å². The van der Waals surface area contributed by atoms with Crippen LogP contribution in [-0.2, 0) is 16.0 Å². The van der Waals surface area contributed by atoms with Gasteiger partial charge in [-0.05, 0) is 73.7 Å². The largest absolute Gasteiger partial charge is 0.491 e. The normalized spacial score (nSPS) is 20.6. The summed E-state index contributed by atoms with van der Waals surface area (Å²) < 4.78 is 33.8. The number of hydrogen-bond acceptors (Lipinski definition) is 6. The molecule has 1 fully saturated rings. The average Bonchev–Trinajstić information content (AvgIpc) is 3.43. The van der Waals surface area contributed by atoms with Crippen molar-refractivity contribution < 1.29 is 32.7 Å². The molecule has 2 N–H and O–H groups in total. The smallest absolute Gasteiger partial charge is 0.253 e. The Bertz CT molecular complexity index is 1540. The van der Waals surface area contributed by atoms with Crippen molar-refractivity contribution >= 4 is 23.6 Å². The van der Waals surface area contributed by atoms with Gasteiger partial charge in [-0.15, -0.1) is 0 Å². The molecule has 1 saturated heterocycles. The molecule has 2 aromatic carbocycles. The minimum Gasteiger partial charge on any atom is -0.491 e. The Labute approximate surface area is 259 Å². The maximum atomic E-state index is 14.1. The highest BCUT2D eigenvalue weighted by molar-refractivity contribution is 5.98. The van der Waals surface area contributed by atoms with E-state index in [2.05, 4.69) is 15.6 Å². The van der Waals surface area contributed by atoms with Crippen LogP contribution in [0.3, 0.4) is 0 Å². The van der Waals surface area contributed by atoms with Crippen molar-refractivity contribution in [3.63, 3.8) is 0 Å². The Hall–Kier alpha value is -4.87. The summed E-state index contributed by atoms with van der Waals surface area (Å²) in [6.07, 6.45) is 5.06. The molecule has 12 heteroatoms. The fourth-order valence-corrected chi connectivity index (χ4v) is 5.71. The number of rotatable bonds is 6. The quantitative estimate of drug-likeness (QED) is 0.438. The number of halogens is 2. The molecule has 3 aromatic rings. The summed E-state index contributed by atoms with van der Waals surface area (Å²) in [5.74, 6) is -2.98. The van der Waals surface area contributed by atoms with Gasteiger partial charge in [0.2, 0.25) is 11.8 Å². The predicted octanol–water partition coefficient (Wildman–Crippen LogP) is 3.12. The van der Waals surface area contributed by atoms with Crippen LogP contribution in [0.25, 0.3) is 0 Å². The predicted molar refractivity (Wildman–Crippen MR) is 160 cm³/mol. The maximum absolute atomic E-state index is 14.1. The van der Waals surface area contributed by atoms with Gasteiger partial charge in [-0.2, -0.15) is 0 Å². The van der Waals surface area contributed by atoms with Gasteiger partial charge in [0.25, 0.3) is 11.8 Å². The van der Waals surface area contributed by atoms with E-state index in [4.69, 9.17) is 4.74 Å². The van der Waals surface area contributed by atoms with Crippen LogP contribution in [0.15, 0.2) is 67.0 Å². The Morgan fingerprint density at radius 2 is 1.78 bits per heavy atom. The molecule has 0 unspecified atom stereocenters. The summed E-state index contributed by atoms with van der Waals surface area (Å²) >= 11 is 0. The van der Waals surface area contributed by atoms with Gasteiger partial charge in [0.1, 0.15) is 30.0 Å². The third-order valence-corrected chi connectivity index (χ3v) is 8.04. The van der Waals surface area contributed by atoms with E-state index in [1.807, 2.05) is 12.1 Å². The number of amides is 4. The van der Waals surface area contributed by atoms with Crippen LogP contribution in [0.5, 0.6) is 5.75 Å². The van der Waals surface area contributed by atoms with Crippen molar-refractivity contribution in [2.75, 3.05) is 26.7 Å². The number of carbonyl (C=O) groups is 4. The van der Waals surface area contributed by atoms with Gasteiger partial charge in [-0.3, -0.25) is 24.2 Å². The van der Waals surface area contributed by atoms with Gasteiger partial charge < -0.3 is 25.2 Å². The zero-order valence-corrected chi connectivity index (χ0v) is 24.9. The molecule has 5 rings (SSSR count). The van der Waals surface area contributed by atoms with Crippen LogP contribution in [0.2, 0.25) is 0 Å². The molecule has 0 radical (unpaired) electrons. The van der Waals surface area contributed by atoms with Crippen molar-refractivity contribution in [3.8, 4) is 5.75 Å². The lowest BCUT2D eigenvalue weighted by Crippen LogP contribution is -2.52. The van der Waals surface area contributed by atoms with Crippen LogP contribution in [-0.4, -0.2) is 83.3 Å². The van der Waals surface area contributed by atoms with E-state index in [0.717, 1.165) is 17.7 Å². The number of hydrogen-bond donors (Lipinski definition) is 2. The van der Waals surface area contributed by atoms with E-state index < -0.39 is 35.5 Å². The summed E-state index contributed by atoms with van der Waals surface area (Å²) in [4.78, 5) is 60.2. The Balaban J connectivity index is 1.36. The second kappa shape index (κ2) is 14.3.